The van der Waals surface area contributed by atoms with E-state index in [0.717, 1.165) is 5.71 Å². The summed E-state index contributed by atoms with van der Waals surface area (Å²) in [6.45, 7) is 17.8. The Morgan fingerprint density at radius 3 is 2.30 bits per heavy atom. The smallest absolute Gasteiger partial charge is 0.192 e. The highest BCUT2D eigenvalue weighted by Crippen LogP contribution is 2.37. The Bertz CT molecular complexity index is 361. The van der Waals surface area contributed by atoms with Crippen molar-refractivity contribution in [3.8, 4) is 0 Å². The third kappa shape index (κ3) is 3.83. The number of hydrogen-bond acceptors (Lipinski definition) is 4. The summed E-state index contributed by atoms with van der Waals surface area (Å²) >= 11 is 0. The normalized spacial score (nSPS) is 26.9. The van der Waals surface area contributed by atoms with E-state index < -0.39 is 14.4 Å². The molecule has 1 heterocycles. The largest absolute Gasteiger partial charge is 0.416 e. The van der Waals surface area contributed by atoms with Crippen LogP contribution in [-0.2, 0) is 9.26 Å². The van der Waals surface area contributed by atoms with Gasteiger partial charge in [0, 0.05) is 18.4 Å². The molecule has 0 aromatic heterocycles. The Labute approximate surface area is 124 Å². The molecular weight excluding hydrogens is 270 g/mol. The lowest BCUT2D eigenvalue weighted by Crippen LogP contribution is -2.43. The van der Waals surface area contributed by atoms with E-state index in [9.17, 15) is 5.11 Å². The van der Waals surface area contributed by atoms with Crippen LogP contribution in [0.4, 0.5) is 0 Å². The molecule has 4 atom stereocenters. The molecule has 4 nitrogen and oxygen atoms in total. The molecule has 0 fully saturated rings. The van der Waals surface area contributed by atoms with Crippen molar-refractivity contribution in [1.29, 1.82) is 0 Å². The van der Waals surface area contributed by atoms with Gasteiger partial charge in [0.25, 0.3) is 0 Å². The van der Waals surface area contributed by atoms with Gasteiger partial charge in [0.2, 0.25) is 0 Å². The second kappa shape index (κ2) is 6.16. The molecule has 0 radical (unpaired) electrons. The highest BCUT2D eigenvalue weighted by Gasteiger charge is 2.40. The van der Waals surface area contributed by atoms with Gasteiger partial charge in [-0.2, -0.15) is 0 Å². The maximum Gasteiger partial charge on any atom is 0.192 e. The number of aliphatic hydroxyl groups excluding tert-OH is 1. The van der Waals surface area contributed by atoms with E-state index in [1.54, 1.807) is 6.92 Å². The number of aliphatic hydroxyl groups is 1. The van der Waals surface area contributed by atoms with Gasteiger partial charge in [-0.05, 0) is 25.1 Å². The molecule has 1 N–H and O–H groups in total. The minimum Gasteiger partial charge on any atom is -0.416 e. The maximum atomic E-state index is 9.67. The van der Waals surface area contributed by atoms with Crippen molar-refractivity contribution in [2.75, 3.05) is 6.61 Å². The summed E-state index contributed by atoms with van der Waals surface area (Å²) in [5.74, 6) is 0.371. The van der Waals surface area contributed by atoms with Crippen molar-refractivity contribution in [2.24, 2.45) is 17.0 Å². The summed E-state index contributed by atoms with van der Waals surface area (Å²) < 4.78 is 6.25. The third-order valence-electron chi connectivity index (χ3n) is 4.72. The number of hydrogen-bond donors (Lipinski definition) is 1. The van der Waals surface area contributed by atoms with Crippen LogP contribution in [-0.4, -0.2) is 38.0 Å². The standard InChI is InChI=1S/C15H31NO3Si/c1-10(9-18-20(7,8)15(4,5)6)13-11(2)14(12(3)17)19-16-13/h10-12,14,17H,9H2,1-8H3/t10-,11-,12+,14+/m0/s1. The van der Waals surface area contributed by atoms with E-state index in [2.05, 4.69) is 52.9 Å². The van der Waals surface area contributed by atoms with Crippen molar-refractivity contribution in [2.45, 2.75) is 71.9 Å². The van der Waals surface area contributed by atoms with Gasteiger partial charge in [-0.25, -0.2) is 0 Å². The fraction of sp³-hybridized carbons (Fsp3) is 0.933. The molecule has 0 saturated heterocycles. The fourth-order valence-electron chi connectivity index (χ4n) is 2.14. The monoisotopic (exact) mass is 301 g/mol. The molecule has 118 valence electrons. The summed E-state index contributed by atoms with van der Waals surface area (Å²) in [7, 11) is -1.72. The zero-order chi connectivity index (χ0) is 15.7. The molecule has 0 aromatic rings. The lowest BCUT2D eigenvalue weighted by atomic mass is 9.89. The first-order valence-corrected chi connectivity index (χ1v) is 10.4. The Morgan fingerprint density at radius 2 is 1.90 bits per heavy atom. The lowest BCUT2D eigenvalue weighted by Gasteiger charge is -2.37. The van der Waals surface area contributed by atoms with Gasteiger partial charge in [0.05, 0.1) is 11.8 Å². The topological polar surface area (TPSA) is 51.0 Å². The van der Waals surface area contributed by atoms with Crippen LogP contribution >= 0.6 is 0 Å². The molecule has 0 unspecified atom stereocenters. The second-order valence-electron chi connectivity index (χ2n) is 7.59. The van der Waals surface area contributed by atoms with E-state index in [4.69, 9.17) is 9.26 Å². The highest BCUT2D eigenvalue weighted by molar-refractivity contribution is 6.74. The quantitative estimate of drug-likeness (QED) is 0.792. The van der Waals surface area contributed by atoms with Crippen LogP contribution < -0.4 is 0 Å². The van der Waals surface area contributed by atoms with Crippen molar-refractivity contribution >= 4 is 14.0 Å². The van der Waals surface area contributed by atoms with Gasteiger partial charge in [-0.15, -0.1) is 0 Å². The summed E-state index contributed by atoms with van der Waals surface area (Å²) in [6, 6.07) is 0. The molecule has 1 aliphatic heterocycles. The predicted molar refractivity (Wildman–Crippen MR) is 85.5 cm³/mol. The van der Waals surface area contributed by atoms with Crippen LogP contribution in [0.2, 0.25) is 18.1 Å². The first kappa shape index (κ1) is 17.7. The van der Waals surface area contributed by atoms with Gasteiger partial charge in [-0.1, -0.05) is 39.8 Å². The maximum absolute atomic E-state index is 9.67. The summed E-state index contributed by atoms with van der Waals surface area (Å²) in [5.41, 5.74) is 1.01. The fourth-order valence-corrected chi connectivity index (χ4v) is 3.24. The van der Waals surface area contributed by atoms with Gasteiger partial charge in [0.15, 0.2) is 14.4 Å². The van der Waals surface area contributed by atoms with E-state index in [1.807, 2.05) is 0 Å². The number of nitrogens with zero attached hydrogens (tertiary/aromatic N) is 1. The van der Waals surface area contributed by atoms with E-state index in [1.165, 1.54) is 0 Å². The highest BCUT2D eigenvalue weighted by atomic mass is 28.4. The minimum absolute atomic E-state index is 0.146. The third-order valence-corrected chi connectivity index (χ3v) is 9.22. The van der Waals surface area contributed by atoms with Gasteiger partial charge in [0.1, 0.15) is 0 Å². The lowest BCUT2D eigenvalue weighted by molar-refractivity contribution is -0.0242. The SMILES string of the molecule is C[C@@H](CO[Si](C)(C)C(C)(C)C)C1=NO[C@@H]([C@@H](C)O)[C@H]1C. The Balaban J connectivity index is 2.59. The molecule has 20 heavy (non-hydrogen) atoms. The minimum atomic E-state index is -1.72. The molecule has 0 saturated carbocycles. The first-order chi connectivity index (χ1) is 8.97. The Morgan fingerprint density at radius 1 is 1.35 bits per heavy atom. The van der Waals surface area contributed by atoms with Crippen molar-refractivity contribution in [1.82, 2.24) is 0 Å². The van der Waals surface area contributed by atoms with Crippen LogP contribution in [0.3, 0.4) is 0 Å². The molecule has 1 aliphatic rings. The van der Waals surface area contributed by atoms with Crippen LogP contribution in [0.25, 0.3) is 0 Å². The van der Waals surface area contributed by atoms with Crippen molar-refractivity contribution in [3.63, 3.8) is 0 Å². The Hall–Kier alpha value is -0.393. The van der Waals surface area contributed by atoms with Crippen LogP contribution in [0.5, 0.6) is 0 Å². The molecule has 1 rings (SSSR count). The zero-order valence-electron chi connectivity index (χ0n) is 14.2. The van der Waals surface area contributed by atoms with Crippen LogP contribution in [0, 0.1) is 11.8 Å². The van der Waals surface area contributed by atoms with E-state index in [0.29, 0.717) is 6.61 Å². The average molecular weight is 302 g/mol. The van der Waals surface area contributed by atoms with Crippen molar-refractivity contribution in [3.05, 3.63) is 0 Å². The summed E-state index contributed by atoms with van der Waals surface area (Å²) in [6.07, 6.45) is -0.722. The first-order valence-electron chi connectivity index (χ1n) is 7.53. The number of rotatable bonds is 5. The van der Waals surface area contributed by atoms with E-state index in [-0.39, 0.29) is 23.0 Å². The molecule has 0 amide bonds. The summed E-state index contributed by atoms with van der Waals surface area (Å²) in [5, 5.41) is 14.1. The molecule has 0 aliphatic carbocycles. The van der Waals surface area contributed by atoms with E-state index >= 15 is 0 Å². The van der Waals surface area contributed by atoms with Crippen LogP contribution in [0.15, 0.2) is 5.16 Å². The van der Waals surface area contributed by atoms with Gasteiger partial charge in [-0.3, -0.25) is 0 Å². The van der Waals surface area contributed by atoms with Crippen LogP contribution in [0.1, 0.15) is 41.5 Å². The van der Waals surface area contributed by atoms with Gasteiger partial charge < -0.3 is 14.4 Å². The number of oxime groups is 1. The zero-order valence-corrected chi connectivity index (χ0v) is 15.2. The van der Waals surface area contributed by atoms with Crippen molar-refractivity contribution < 1.29 is 14.4 Å². The summed E-state index contributed by atoms with van der Waals surface area (Å²) in [4.78, 5) is 5.35. The second-order valence-corrected chi connectivity index (χ2v) is 12.4. The predicted octanol–water partition coefficient (Wildman–Crippen LogP) is 3.42. The molecule has 0 spiro atoms. The average Bonchev–Trinajstić information content (AvgIpc) is 2.66. The molecule has 0 bridgehead atoms. The van der Waals surface area contributed by atoms with Gasteiger partial charge >= 0.3 is 0 Å². The molecular formula is C15H31NO3Si. The molecule has 0 aromatic carbocycles. The molecule has 5 heteroatoms. The Kier molecular flexibility index (Phi) is 5.44.